The third-order valence-electron chi connectivity index (χ3n) is 5.21. The number of nitrogens with zero attached hydrogens (tertiary/aromatic N) is 1. The summed E-state index contributed by atoms with van der Waals surface area (Å²) < 4.78 is 5.93. The minimum absolute atomic E-state index is 0.459. The summed E-state index contributed by atoms with van der Waals surface area (Å²) in [6.45, 7) is 3.55. The van der Waals surface area contributed by atoms with E-state index in [-0.39, 0.29) is 0 Å². The maximum Gasteiger partial charge on any atom is 0.119 e. The van der Waals surface area contributed by atoms with E-state index < -0.39 is 0 Å². The third-order valence-corrected chi connectivity index (χ3v) is 5.74. The first-order valence-corrected chi connectivity index (χ1v) is 9.64. The van der Waals surface area contributed by atoms with Gasteiger partial charge in [0.2, 0.25) is 0 Å². The largest absolute Gasteiger partial charge is 0.492 e. The number of benzene rings is 2. The van der Waals surface area contributed by atoms with Gasteiger partial charge in [-0.15, -0.1) is 0 Å². The Labute approximate surface area is 158 Å². The Hall–Kier alpha value is -1.42. The Morgan fingerprint density at radius 1 is 1.08 bits per heavy atom. The summed E-state index contributed by atoms with van der Waals surface area (Å²) in [5, 5.41) is 5.01. The van der Waals surface area contributed by atoms with Crippen LogP contribution in [0.3, 0.4) is 0 Å². The Kier molecular flexibility index (Phi) is 5.07. The zero-order valence-electron chi connectivity index (χ0n) is 14.1. The van der Waals surface area contributed by atoms with Crippen molar-refractivity contribution in [2.24, 2.45) is 0 Å². The molecule has 132 valence electrons. The van der Waals surface area contributed by atoms with Gasteiger partial charge in [-0.3, -0.25) is 0 Å². The second kappa shape index (κ2) is 7.45. The van der Waals surface area contributed by atoms with E-state index in [4.69, 9.17) is 27.9 Å². The van der Waals surface area contributed by atoms with Crippen molar-refractivity contribution in [3.8, 4) is 5.75 Å². The van der Waals surface area contributed by atoms with E-state index in [1.54, 1.807) is 0 Å². The first-order chi connectivity index (χ1) is 12.2. The fourth-order valence-electron chi connectivity index (χ4n) is 4.16. The molecule has 2 atom stereocenters. The van der Waals surface area contributed by atoms with Crippen LogP contribution in [0, 0.1) is 0 Å². The van der Waals surface area contributed by atoms with Gasteiger partial charge in [0, 0.05) is 27.7 Å². The Morgan fingerprint density at radius 2 is 1.88 bits per heavy atom. The number of fused-ring (bicyclic) bond motifs is 3. The number of para-hydroxylation sites is 1. The molecule has 2 heterocycles. The zero-order chi connectivity index (χ0) is 17.2. The van der Waals surface area contributed by atoms with Crippen LogP contribution in [0.15, 0.2) is 42.5 Å². The number of nitrogens with one attached hydrogen (secondary N) is 1. The summed E-state index contributed by atoms with van der Waals surface area (Å²) >= 11 is 12.9. The third kappa shape index (κ3) is 3.46. The summed E-state index contributed by atoms with van der Waals surface area (Å²) in [4.78, 5) is 2.45. The number of hydrogen-bond acceptors (Lipinski definition) is 3. The topological polar surface area (TPSA) is 24.5 Å². The molecule has 2 aliphatic heterocycles. The molecule has 0 radical (unpaired) electrons. The second-order valence-corrected chi connectivity index (χ2v) is 7.52. The van der Waals surface area contributed by atoms with Gasteiger partial charge in [0.1, 0.15) is 12.4 Å². The van der Waals surface area contributed by atoms with Crippen LogP contribution in [0.2, 0.25) is 10.0 Å². The predicted molar refractivity (Wildman–Crippen MR) is 104 cm³/mol. The van der Waals surface area contributed by atoms with Crippen molar-refractivity contribution in [2.45, 2.75) is 24.8 Å². The van der Waals surface area contributed by atoms with Gasteiger partial charge in [-0.05, 0) is 55.8 Å². The molecule has 3 nitrogen and oxygen atoms in total. The molecule has 0 saturated carbocycles. The van der Waals surface area contributed by atoms with Crippen molar-refractivity contribution < 1.29 is 4.74 Å². The maximum absolute atomic E-state index is 6.58. The number of rotatable bonds is 4. The molecule has 25 heavy (non-hydrogen) atoms. The van der Waals surface area contributed by atoms with Crippen LogP contribution in [0.1, 0.15) is 24.3 Å². The van der Waals surface area contributed by atoms with E-state index in [9.17, 15) is 0 Å². The van der Waals surface area contributed by atoms with Crippen molar-refractivity contribution in [3.05, 3.63) is 58.1 Å². The lowest BCUT2D eigenvalue weighted by atomic mass is 9.91. The first-order valence-electron chi connectivity index (χ1n) is 8.88. The maximum atomic E-state index is 6.58. The second-order valence-electron chi connectivity index (χ2n) is 6.68. The summed E-state index contributed by atoms with van der Waals surface area (Å²) in [5.74, 6) is 1.37. The van der Waals surface area contributed by atoms with Crippen molar-refractivity contribution >= 4 is 28.9 Å². The average molecular weight is 377 g/mol. The van der Waals surface area contributed by atoms with Crippen molar-refractivity contribution in [2.75, 3.05) is 31.1 Å². The lowest BCUT2D eigenvalue weighted by Gasteiger charge is -2.29. The standard InChI is InChI=1S/C20H22Cl2N2O/c21-14-12-17(22)20-16-6-8-23-9-7-18(16)24(19(20)13-14)10-11-25-15-4-2-1-3-5-15/h1-5,12-13,16,18,23H,6-11H2/t16-,18+/m1/s1. The van der Waals surface area contributed by atoms with Crippen molar-refractivity contribution in [1.29, 1.82) is 0 Å². The van der Waals surface area contributed by atoms with Crippen LogP contribution in [-0.2, 0) is 0 Å². The lowest BCUT2D eigenvalue weighted by Crippen LogP contribution is -2.37. The molecule has 0 unspecified atom stereocenters. The number of ether oxygens (including phenoxy) is 1. The van der Waals surface area contributed by atoms with Crippen LogP contribution in [-0.4, -0.2) is 32.3 Å². The molecule has 5 heteroatoms. The van der Waals surface area contributed by atoms with Crippen LogP contribution in [0.25, 0.3) is 0 Å². The minimum atomic E-state index is 0.459. The van der Waals surface area contributed by atoms with Gasteiger partial charge < -0.3 is 15.0 Å². The van der Waals surface area contributed by atoms with Gasteiger partial charge in [0.15, 0.2) is 0 Å². The van der Waals surface area contributed by atoms with E-state index in [0.717, 1.165) is 43.2 Å². The highest BCUT2D eigenvalue weighted by Crippen LogP contribution is 2.48. The molecule has 0 aromatic heterocycles. The summed E-state index contributed by atoms with van der Waals surface area (Å²) in [7, 11) is 0. The van der Waals surface area contributed by atoms with E-state index >= 15 is 0 Å². The fourth-order valence-corrected chi connectivity index (χ4v) is 4.78. The molecule has 0 aliphatic carbocycles. The molecular weight excluding hydrogens is 355 g/mol. The monoisotopic (exact) mass is 376 g/mol. The first kappa shape index (κ1) is 17.0. The minimum Gasteiger partial charge on any atom is -0.492 e. The molecule has 0 spiro atoms. The Morgan fingerprint density at radius 3 is 2.72 bits per heavy atom. The van der Waals surface area contributed by atoms with Gasteiger partial charge in [-0.2, -0.15) is 0 Å². The van der Waals surface area contributed by atoms with Gasteiger partial charge in [-0.25, -0.2) is 0 Å². The van der Waals surface area contributed by atoms with Crippen molar-refractivity contribution in [3.63, 3.8) is 0 Å². The zero-order valence-corrected chi connectivity index (χ0v) is 15.6. The fraction of sp³-hybridized carbons (Fsp3) is 0.400. The molecule has 0 amide bonds. The average Bonchev–Trinajstić information content (AvgIpc) is 2.75. The highest BCUT2D eigenvalue weighted by atomic mass is 35.5. The van der Waals surface area contributed by atoms with E-state index in [1.807, 2.05) is 36.4 Å². The lowest BCUT2D eigenvalue weighted by molar-refractivity contribution is 0.317. The number of hydrogen-bond donors (Lipinski definition) is 1. The van der Waals surface area contributed by atoms with Crippen LogP contribution in [0.4, 0.5) is 5.69 Å². The van der Waals surface area contributed by atoms with Crippen LogP contribution in [0.5, 0.6) is 5.75 Å². The molecule has 1 fully saturated rings. The SMILES string of the molecule is Clc1cc(Cl)c2c(c1)N(CCOc1ccccc1)[C@H]1CCNCC[C@@H]21. The predicted octanol–water partition coefficient (Wildman–Crippen LogP) is 4.73. The Balaban J connectivity index is 1.57. The van der Waals surface area contributed by atoms with Gasteiger partial charge in [-0.1, -0.05) is 41.4 Å². The number of anilines is 1. The normalized spacial score (nSPS) is 22.2. The van der Waals surface area contributed by atoms with Gasteiger partial charge in [0.05, 0.1) is 6.54 Å². The van der Waals surface area contributed by atoms with Gasteiger partial charge >= 0.3 is 0 Å². The van der Waals surface area contributed by atoms with Crippen LogP contribution >= 0.6 is 23.2 Å². The molecule has 2 aromatic rings. The summed E-state index contributed by atoms with van der Waals surface area (Å²) in [6.07, 6.45) is 2.22. The molecule has 1 saturated heterocycles. The van der Waals surface area contributed by atoms with Crippen molar-refractivity contribution in [1.82, 2.24) is 5.32 Å². The quantitative estimate of drug-likeness (QED) is 0.834. The highest BCUT2D eigenvalue weighted by Gasteiger charge is 2.40. The molecule has 1 N–H and O–H groups in total. The molecule has 2 aliphatic rings. The molecular formula is C20H22Cl2N2O. The van der Waals surface area contributed by atoms with Gasteiger partial charge in [0.25, 0.3) is 0 Å². The van der Waals surface area contributed by atoms with E-state index in [0.29, 0.717) is 23.6 Å². The Bertz CT molecular complexity index is 738. The van der Waals surface area contributed by atoms with Crippen LogP contribution < -0.4 is 15.0 Å². The summed E-state index contributed by atoms with van der Waals surface area (Å²) in [5.41, 5.74) is 2.45. The summed E-state index contributed by atoms with van der Waals surface area (Å²) in [6, 6.07) is 14.4. The molecule has 2 aromatic carbocycles. The smallest absolute Gasteiger partial charge is 0.119 e. The molecule has 4 rings (SSSR count). The molecule has 0 bridgehead atoms. The highest BCUT2D eigenvalue weighted by molar-refractivity contribution is 6.35. The van der Waals surface area contributed by atoms with E-state index in [2.05, 4.69) is 16.3 Å². The number of halogens is 2. The van der Waals surface area contributed by atoms with E-state index in [1.165, 1.54) is 11.3 Å².